The Bertz CT molecular complexity index is 300. The van der Waals surface area contributed by atoms with Crippen LogP contribution in [0.4, 0.5) is 0 Å². The van der Waals surface area contributed by atoms with Crippen LogP contribution in [-0.2, 0) is 11.0 Å². The molecule has 2 nitrogen and oxygen atoms in total. The van der Waals surface area contributed by atoms with Crippen molar-refractivity contribution < 1.29 is 4.21 Å². The first-order valence-electron chi connectivity index (χ1n) is 3.03. The molecule has 0 saturated heterocycles. The lowest BCUT2D eigenvalue weighted by Crippen LogP contribution is -2.04. The largest absolute Gasteiger partial charge is 0.248 e. The van der Waals surface area contributed by atoms with Gasteiger partial charge in [-0.05, 0) is 30.7 Å². The summed E-state index contributed by atoms with van der Waals surface area (Å²) in [4.78, 5) is 0.688. The monoisotopic (exact) mass is 233 g/mol. The molecule has 0 aliphatic carbocycles. The first-order chi connectivity index (χ1) is 5.11. The molecule has 0 aromatic heterocycles. The van der Waals surface area contributed by atoms with Crippen molar-refractivity contribution in [1.82, 2.24) is 0 Å². The van der Waals surface area contributed by atoms with Gasteiger partial charge in [-0.15, -0.1) is 0 Å². The molecule has 1 unspecified atom stereocenters. The molecule has 1 rings (SSSR count). The minimum atomic E-state index is -1.37. The quantitative estimate of drug-likeness (QED) is 0.790. The molecule has 0 fully saturated rings. The van der Waals surface area contributed by atoms with Crippen LogP contribution in [0.1, 0.15) is 5.56 Å². The average Bonchev–Trinajstić information content (AvgIpc) is 1.85. The van der Waals surface area contributed by atoms with Crippen LogP contribution in [-0.4, -0.2) is 4.21 Å². The van der Waals surface area contributed by atoms with Gasteiger partial charge in [-0.1, -0.05) is 15.9 Å². The van der Waals surface area contributed by atoms with Crippen LogP contribution in [0.5, 0.6) is 0 Å². The second kappa shape index (κ2) is 3.47. The maximum Gasteiger partial charge on any atom is 0.122 e. The Kier molecular flexibility index (Phi) is 2.81. The minimum absolute atomic E-state index is 0.688. The Balaban J connectivity index is 3.20. The van der Waals surface area contributed by atoms with Gasteiger partial charge in [0, 0.05) is 4.47 Å². The third-order valence-corrected chi connectivity index (χ3v) is 2.74. The normalized spacial score (nSPS) is 13.0. The van der Waals surface area contributed by atoms with Crippen molar-refractivity contribution >= 4 is 26.9 Å². The van der Waals surface area contributed by atoms with Crippen molar-refractivity contribution in [3.8, 4) is 0 Å². The summed E-state index contributed by atoms with van der Waals surface area (Å²) in [5.74, 6) is 0. The lowest BCUT2D eigenvalue weighted by molar-refractivity contribution is 0.684. The predicted molar refractivity (Wildman–Crippen MR) is 49.5 cm³/mol. The molecule has 0 bridgehead atoms. The summed E-state index contributed by atoms with van der Waals surface area (Å²) in [6.45, 7) is 1.88. The van der Waals surface area contributed by atoms with Crippen molar-refractivity contribution in [2.75, 3.05) is 0 Å². The summed E-state index contributed by atoms with van der Waals surface area (Å²) in [5.41, 5.74) is 0.945. The fourth-order valence-electron chi connectivity index (χ4n) is 0.839. The highest BCUT2D eigenvalue weighted by Crippen LogP contribution is 2.16. The molecule has 1 atom stereocenters. The highest BCUT2D eigenvalue weighted by Gasteiger charge is 2.01. The molecule has 0 spiro atoms. The number of hydrogen-bond acceptors (Lipinski definition) is 1. The standard InChI is InChI=1S/C7H8BrNOS/c1-5-4-6(8)2-3-7(5)11(9)10/h2-4H,9H2,1H3. The summed E-state index contributed by atoms with van der Waals surface area (Å²) in [6.07, 6.45) is 0. The first kappa shape index (κ1) is 8.90. The summed E-state index contributed by atoms with van der Waals surface area (Å²) >= 11 is 3.31. The lowest BCUT2D eigenvalue weighted by Gasteiger charge is -2.00. The van der Waals surface area contributed by atoms with E-state index in [1.807, 2.05) is 19.1 Å². The van der Waals surface area contributed by atoms with Crippen LogP contribution < -0.4 is 5.14 Å². The number of rotatable bonds is 1. The molecule has 0 aliphatic heterocycles. The van der Waals surface area contributed by atoms with Gasteiger partial charge >= 0.3 is 0 Å². The predicted octanol–water partition coefficient (Wildman–Crippen LogP) is 1.74. The number of benzene rings is 1. The number of hydrogen-bond donors (Lipinski definition) is 1. The second-order valence-corrected chi connectivity index (χ2v) is 4.16. The van der Waals surface area contributed by atoms with Gasteiger partial charge in [-0.2, -0.15) is 0 Å². The van der Waals surface area contributed by atoms with Crippen molar-refractivity contribution in [1.29, 1.82) is 0 Å². The smallest absolute Gasteiger partial charge is 0.122 e. The summed E-state index contributed by atoms with van der Waals surface area (Å²) in [6, 6.07) is 5.47. The summed E-state index contributed by atoms with van der Waals surface area (Å²) < 4.78 is 11.8. The molecular formula is C7H8BrNOS. The summed E-state index contributed by atoms with van der Waals surface area (Å²) in [5, 5.41) is 5.22. The van der Waals surface area contributed by atoms with Crippen molar-refractivity contribution in [2.45, 2.75) is 11.8 Å². The fraction of sp³-hybridized carbons (Fsp3) is 0.143. The van der Waals surface area contributed by atoms with Crippen molar-refractivity contribution in [3.05, 3.63) is 28.2 Å². The van der Waals surface area contributed by atoms with E-state index in [0.29, 0.717) is 4.90 Å². The molecule has 11 heavy (non-hydrogen) atoms. The van der Waals surface area contributed by atoms with E-state index in [4.69, 9.17) is 5.14 Å². The average molecular weight is 234 g/mol. The van der Waals surface area contributed by atoms with E-state index >= 15 is 0 Å². The number of nitrogens with two attached hydrogens (primary N) is 1. The Labute approximate surface area is 76.5 Å². The van der Waals surface area contributed by atoms with E-state index in [1.165, 1.54) is 0 Å². The maximum absolute atomic E-state index is 10.9. The van der Waals surface area contributed by atoms with Gasteiger partial charge in [0.05, 0.1) is 4.90 Å². The van der Waals surface area contributed by atoms with Crippen molar-refractivity contribution in [2.24, 2.45) is 5.14 Å². The van der Waals surface area contributed by atoms with Crippen LogP contribution in [0.3, 0.4) is 0 Å². The number of aryl methyl sites for hydroxylation is 1. The van der Waals surface area contributed by atoms with Gasteiger partial charge < -0.3 is 0 Å². The van der Waals surface area contributed by atoms with E-state index in [1.54, 1.807) is 6.07 Å². The van der Waals surface area contributed by atoms with E-state index in [0.717, 1.165) is 10.0 Å². The second-order valence-electron chi connectivity index (χ2n) is 2.21. The topological polar surface area (TPSA) is 43.1 Å². The molecule has 0 saturated carbocycles. The maximum atomic E-state index is 10.9. The van der Waals surface area contributed by atoms with E-state index in [2.05, 4.69) is 15.9 Å². The Morgan fingerprint density at radius 3 is 2.64 bits per heavy atom. The zero-order valence-electron chi connectivity index (χ0n) is 6.00. The minimum Gasteiger partial charge on any atom is -0.248 e. The van der Waals surface area contributed by atoms with Gasteiger partial charge in [0.15, 0.2) is 0 Å². The number of halogens is 1. The molecule has 0 aliphatic rings. The molecule has 4 heteroatoms. The van der Waals surface area contributed by atoms with Crippen LogP contribution in [0.15, 0.2) is 27.6 Å². The fourth-order valence-corrected chi connectivity index (χ4v) is 1.89. The van der Waals surface area contributed by atoms with Crippen LogP contribution in [0, 0.1) is 6.92 Å². The Morgan fingerprint density at radius 2 is 2.18 bits per heavy atom. The molecule has 60 valence electrons. The van der Waals surface area contributed by atoms with Crippen LogP contribution >= 0.6 is 15.9 Å². The third-order valence-electron chi connectivity index (χ3n) is 1.35. The van der Waals surface area contributed by atoms with Crippen molar-refractivity contribution in [3.63, 3.8) is 0 Å². The lowest BCUT2D eigenvalue weighted by atomic mass is 10.2. The third kappa shape index (κ3) is 2.12. The van der Waals surface area contributed by atoms with Gasteiger partial charge in [-0.25, -0.2) is 9.35 Å². The SMILES string of the molecule is Cc1cc(Br)ccc1S(N)=O. The molecule has 1 aromatic rings. The van der Waals surface area contributed by atoms with Gasteiger partial charge in [0.25, 0.3) is 0 Å². The van der Waals surface area contributed by atoms with Crippen LogP contribution in [0.2, 0.25) is 0 Å². The highest BCUT2D eigenvalue weighted by molar-refractivity contribution is 9.10. The van der Waals surface area contributed by atoms with E-state index in [-0.39, 0.29) is 0 Å². The molecular weight excluding hydrogens is 226 g/mol. The van der Waals surface area contributed by atoms with Gasteiger partial charge in [-0.3, -0.25) is 0 Å². The van der Waals surface area contributed by atoms with E-state index in [9.17, 15) is 4.21 Å². The Morgan fingerprint density at radius 1 is 1.55 bits per heavy atom. The van der Waals surface area contributed by atoms with Gasteiger partial charge in [0.2, 0.25) is 0 Å². The highest BCUT2D eigenvalue weighted by atomic mass is 79.9. The molecule has 0 radical (unpaired) electrons. The Hall–Kier alpha value is -0.190. The molecule has 0 heterocycles. The first-order valence-corrected chi connectivity index (χ1v) is 5.04. The zero-order valence-corrected chi connectivity index (χ0v) is 8.41. The molecule has 0 amide bonds. The van der Waals surface area contributed by atoms with Gasteiger partial charge in [0.1, 0.15) is 11.0 Å². The van der Waals surface area contributed by atoms with E-state index < -0.39 is 11.0 Å². The van der Waals surface area contributed by atoms with Crippen LogP contribution in [0.25, 0.3) is 0 Å². The zero-order chi connectivity index (χ0) is 8.43. The molecule has 2 N–H and O–H groups in total. The summed E-state index contributed by atoms with van der Waals surface area (Å²) in [7, 11) is -1.37. The molecule has 1 aromatic carbocycles.